The molecule has 0 unspecified atom stereocenters. The Morgan fingerprint density at radius 3 is 2.60 bits per heavy atom. The monoisotopic (exact) mass is 206 g/mol. The van der Waals surface area contributed by atoms with Gasteiger partial charge in [-0.05, 0) is 19.9 Å². The number of nitrogens with one attached hydrogen (secondary N) is 1. The molecule has 1 aliphatic heterocycles. The third-order valence-corrected chi connectivity index (χ3v) is 2.07. The highest BCUT2D eigenvalue weighted by atomic mass is 16.2. The van der Waals surface area contributed by atoms with Gasteiger partial charge >= 0.3 is 5.91 Å². The van der Waals surface area contributed by atoms with E-state index in [0.29, 0.717) is 5.69 Å². The SMILES string of the molecule is CC(C)N1N=C(c2ccn[nH]2)C(=O)C1=O. The molecule has 0 saturated heterocycles. The van der Waals surface area contributed by atoms with E-state index in [0.717, 1.165) is 0 Å². The fourth-order valence-corrected chi connectivity index (χ4v) is 1.32. The van der Waals surface area contributed by atoms with Crippen LogP contribution in [-0.4, -0.2) is 38.7 Å². The number of carbonyl (C=O) groups is 2. The predicted molar refractivity (Wildman–Crippen MR) is 52.1 cm³/mol. The topological polar surface area (TPSA) is 78.4 Å². The normalized spacial score (nSPS) is 16.5. The van der Waals surface area contributed by atoms with Crippen molar-refractivity contribution in [1.29, 1.82) is 0 Å². The van der Waals surface area contributed by atoms with Crippen LogP contribution in [0.2, 0.25) is 0 Å². The molecule has 0 radical (unpaired) electrons. The number of ketones is 1. The zero-order valence-corrected chi connectivity index (χ0v) is 8.39. The maximum absolute atomic E-state index is 11.5. The van der Waals surface area contributed by atoms with Crippen molar-refractivity contribution in [3.8, 4) is 0 Å². The van der Waals surface area contributed by atoms with Crippen LogP contribution in [0.25, 0.3) is 0 Å². The summed E-state index contributed by atoms with van der Waals surface area (Å²) in [5, 5.41) is 11.5. The number of hydrazone groups is 1. The van der Waals surface area contributed by atoms with Crippen LogP contribution in [0.3, 0.4) is 0 Å². The Hall–Kier alpha value is -1.98. The summed E-state index contributed by atoms with van der Waals surface area (Å²) in [6.45, 7) is 3.59. The van der Waals surface area contributed by atoms with Gasteiger partial charge in [-0.2, -0.15) is 10.2 Å². The minimum Gasteiger partial charge on any atom is -0.281 e. The van der Waals surface area contributed by atoms with Gasteiger partial charge in [-0.15, -0.1) is 0 Å². The van der Waals surface area contributed by atoms with E-state index in [4.69, 9.17) is 0 Å². The Balaban J connectivity index is 2.38. The lowest BCUT2D eigenvalue weighted by Crippen LogP contribution is -2.32. The van der Waals surface area contributed by atoms with E-state index >= 15 is 0 Å². The van der Waals surface area contributed by atoms with Crippen LogP contribution in [0.15, 0.2) is 17.4 Å². The number of Topliss-reactive ketones (excluding diaryl/α,β-unsaturated/α-hetero) is 1. The minimum absolute atomic E-state index is 0.123. The quantitative estimate of drug-likeness (QED) is 0.688. The average molecular weight is 206 g/mol. The van der Waals surface area contributed by atoms with Gasteiger partial charge in [-0.1, -0.05) is 0 Å². The number of aromatic nitrogens is 2. The van der Waals surface area contributed by atoms with Crippen molar-refractivity contribution < 1.29 is 9.59 Å². The third-order valence-electron chi connectivity index (χ3n) is 2.07. The van der Waals surface area contributed by atoms with Gasteiger partial charge in [0.05, 0.1) is 11.7 Å². The van der Waals surface area contributed by atoms with Crippen LogP contribution in [0.1, 0.15) is 19.5 Å². The molecule has 1 aromatic heterocycles. The molecule has 0 fully saturated rings. The first-order valence-electron chi connectivity index (χ1n) is 4.57. The molecule has 0 atom stereocenters. The van der Waals surface area contributed by atoms with Crippen LogP contribution in [0.4, 0.5) is 0 Å². The summed E-state index contributed by atoms with van der Waals surface area (Å²) in [6, 6.07) is 1.48. The Bertz CT molecular complexity index is 433. The summed E-state index contributed by atoms with van der Waals surface area (Å²) in [5.41, 5.74) is 0.600. The maximum atomic E-state index is 11.5. The van der Waals surface area contributed by atoms with Gasteiger partial charge in [0.2, 0.25) is 0 Å². The van der Waals surface area contributed by atoms with Gasteiger partial charge < -0.3 is 0 Å². The maximum Gasteiger partial charge on any atom is 0.317 e. The highest BCUT2D eigenvalue weighted by Gasteiger charge is 2.36. The van der Waals surface area contributed by atoms with Crippen molar-refractivity contribution >= 4 is 17.4 Å². The number of amides is 1. The van der Waals surface area contributed by atoms with E-state index in [1.165, 1.54) is 11.2 Å². The Labute approximate surface area is 86.0 Å². The summed E-state index contributed by atoms with van der Waals surface area (Å²) >= 11 is 0. The minimum atomic E-state index is -0.590. The van der Waals surface area contributed by atoms with E-state index in [2.05, 4.69) is 15.3 Å². The van der Waals surface area contributed by atoms with Crippen molar-refractivity contribution in [2.75, 3.05) is 0 Å². The van der Waals surface area contributed by atoms with Crippen molar-refractivity contribution in [3.63, 3.8) is 0 Å². The number of carbonyl (C=O) groups excluding carboxylic acids is 2. The number of nitrogens with zero attached hydrogens (tertiary/aromatic N) is 3. The molecule has 0 spiro atoms. The zero-order chi connectivity index (χ0) is 11.0. The van der Waals surface area contributed by atoms with Gasteiger partial charge in [-0.3, -0.25) is 14.7 Å². The summed E-state index contributed by atoms with van der Waals surface area (Å²) in [6.07, 6.45) is 1.51. The number of aromatic amines is 1. The second kappa shape index (κ2) is 3.30. The summed E-state index contributed by atoms with van der Waals surface area (Å²) in [7, 11) is 0. The Kier molecular flexibility index (Phi) is 2.11. The molecule has 0 aliphatic carbocycles. The molecule has 0 bridgehead atoms. The molecule has 2 rings (SSSR count). The van der Waals surface area contributed by atoms with Crippen molar-refractivity contribution in [2.24, 2.45) is 5.10 Å². The molecule has 0 aromatic carbocycles. The van der Waals surface area contributed by atoms with Gasteiger partial charge in [0.1, 0.15) is 0 Å². The second-order valence-electron chi connectivity index (χ2n) is 3.49. The van der Waals surface area contributed by atoms with E-state index in [9.17, 15) is 9.59 Å². The van der Waals surface area contributed by atoms with Crippen LogP contribution >= 0.6 is 0 Å². The largest absolute Gasteiger partial charge is 0.317 e. The van der Waals surface area contributed by atoms with Gasteiger partial charge in [0.15, 0.2) is 5.71 Å². The van der Waals surface area contributed by atoms with Crippen LogP contribution in [0, 0.1) is 0 Å². The standard InChI is InChI=1S/C9H10N4O2/c1-5(2)13-9(15)8(14)7(12-13)6-3-4-10-11-6/h3-5H,1-2H3,(H,10,11). The summed E-state index contributed by atoms with van der Waals surface area (Å²) in [5.74, 6) is -1.18. The van der Waals surface area contributed by atoms with Crippen LogP contribution < -0.4 is 0 Å². The second-order valence-corrected chi connectivity index (χ2v) is 3.49. The number of H-pyrrole nitrogens is 1. The number of rotatable bonds is 2. The van der Waals surface area contributed by atoms with Gasteiger partial charge in [0, 0.05) is 6.20 Å². The third kappa shape index (κ3) is 1.43. The Morgan fingerprint density at radius 1 is 1.40 bits per heavy atom. The molecule has 0 saturated carbocycles. The molecule has 1 aromatic rings. The fourth-order valence-electron chi connectivity index (χ4n) is 1.32. The smallest absolute Gasteiger partial charge is 0.281 e. The lowest BCUT2D eigenvalue weighted by atomic mass is 10.2. The average Bonchev–Trinajstić information content (AvgIpc) is 2.77. The molecular formula is C9H10N4O2. The van der Waals surface area contributed by atoms with Crippen molar-refractivity contribution in [3.05, 3.63) is 18.0 Å². The number of hydrogen-bond acceptors (Lipinski definition) is 4. The van der Waals surface area contributed by atoms with Gasteiger partial charge in [0.25, 0.3) is 5.78 Å². The molecule has 1 N–H and O–H groups in total. The van der Waals surface area contributed by atoms with Crippen LogP contribution in [-0.2, 0) is 9.59 Å². The molecule has 6 heteroatoms. The fraction of sp³-hybridized carbons (Fsp3) is 0.333. The summed E-state index contributed by atoms with van der Waals surface area (Å²) in [4.78, 5) is 23.0. The van der Waals surface area contributed by atoms with E-state index in [1.807, 2.05) is 0 Å². The molecule has 2 heterocycles. The van der Waals surface area contributed by atoms with E-state index in [-0.39, 0.29) is 11.8 Å². The highest BCUT2D eigenvalue weighted by molar-refractivity contribution is 6.69. The first kappa shape index (κ1) is 9.57. The summed E-state index contributed by atoms with van der Waals surface area (Å²) < 4.78 is 0. The van der Waals surface area contributed by atoms with Gasteiger partial charge in [-0.25, -0.2) is 5.01 Å². The Morgan fingerprint density at radius 2 is 2.13 bits per heavy atom. The van der Waals surface area contributed by atoms with Crippen molar-refractivity contribution in [2.45, 2.75) is 19.9 Å². The number of hydrogen-bond donors (Lipinski definition) is 1. The lowest BCUT2D eigenvalue weighted by molar-refractivity contribution is -0.140. The predicted octanol–water partition coefficient (Wildman–Crippen LogP) is -0.0665. The molecular weight excluding hydrogens is 196 g/mol. The molecule has 1 aliphatic rings. The van der Waals surface area contributed by atoms with E-state index in [1.54, 1.807) is 19.9 Å². The molecule has 1 amide bonds. The van der Waals surface area contributed by atoms with E-state index < -0.39 is 11.7 Å². The first-order chi connectivity index (χ1) is 7.11. The first-order valence-corrected chi connectivity index (χ1v) is 4.57. The van der Waals surface area contributed by atoms with Crippen molar-refractivity contribution in [1.82, 2.24) is 15.2 Å². The zero-order valence-electron chi connectivity index (χ0n) is 8.39. The highest BCUT2D eigenvalue weighted by Crippen LogP contribution is 2.12. The molecule has 6 nitrogen and oxygen atoms in total. The van der Waals surface area contributed by atoms with Crippen LogP contribution in [0.5, 0.6) is 0 Å². The lowest BCUT2D eigenvalue weighted by Gasteiger charge is -2.13. The molecule has 78 valence electrons. The molecule has 15 heavy (non-hydrogen) atoms.